The highest BCUT2D eigenvalue weighted by Crippen LogP contribution is 2.63. The van der Waals surface area contributed by atoms with Gasteiger partial charge in [0.05, 0.1) is 34.0 Å². The van der Waals surface area contributed by atoms with Crippen LogP contribution in [0, 0.1) is 36.0 Å². The van der Waals surface area contributed by atoms with Gasteiger partial charge in [0.2, 0.25) is 23.6 Å². The van der Waals surface area contributed by atoms with Crippen LogP contribution < -0.4 is 10.2 Å². The normalized spacial score (nSPS) is 29.2. The lowest BCUT2D eigenvalue weighted by Crippen LogP contribution is -2.48. The van der Waals surface area contributed by atoms with Crippen LogP contribution >= 0.6 is 22.9 Å². The molecule has 6 unspecified atom stereocenters. The summed E-state index contributed by atoms with van der Waals surface area (Å²) in [5.74, 6) is -3.29. The fourth-order valence-corrected chi connectivity index (χ4v) is 9.61. The zero-order valence-electron chi connectivity index (χ0n) is 24.7. The summed E-state index contributed by atoms with van der Waals surface area (Å²) >= 11 is 7.83. The summed E-state index contributed by atoms with van der Waals surface area (Å²) in [6, 6.07) is 10.9. The van der Waals surface area contributed by atoms with Crippen LogP contribution in [-0.4, -0.2) is 38.5 Å². The first-order valence-electron chi connectivity index (χ1n) is 14.9. The van der Waals surface area contributed by atoms with Gasteiger partial charge in [-0.1, -0.05) is 23.3 Å². The number of nitrogens with one attached hydrogen (secondary N) is 1. The van der Waals surface area contributed by atoms with E-state index in [1.165, 1.54) is 4.90 Å². The van der Waals surface area contributed by atoms with Crippen molar-refractivity contribution < 1.29 is 28.7 Å². The minimum atomic E-state index is -1.25. The van der Waals surface area contributed by atoms with E-state index in [0.29, 0.717) is 34.5 Å². The molecule has 3 aromatic heterocycles. The van der Waals surface area contributed by atoms with E-state index < -0.39 is 35.0 Å². The molecule has 4 aliphatic rings. The van der Waals surface area contributed by atoms with Gasteiger partial charge in [-0.2, -0.15) is 5.10 Å². The van der Waals surface area contributed by atoms with E-state index in [4.69, 9.17) is 21.1 Å². The number of allylic oxidation sites excluding steroid dienone is 2. The Bertz CT molecular complexity index is 2020. The molecule has 8 rings (SSSR count). The van der Waals surface area contributed by atoms with Gasteiger partial charge in [-0.3, -0.25) is 29.2 Å². The van der Waals surface area contributed by atoms with E-state index in [1.54, 1.807) is 48.2 Å². The topological polar surface area (TPSA) is 135 Å². The van der Waals surface area contributed by atoms with Gasteiger partial charge in [-0.05, 0) is 73.9 Å². The number of aliphatic hydroxyl groups excluding tert-OH is 1. The summed E-state index contributed by atoms with van der Waals surface area (Å²) in [5.41, 5.74) is 1.23. The van der Waals surface area contributed by atoms with Crippen molar-refractivity contribution in [2.45, 2.75) is 39.2 Å². The largest absolute Gasteiger partial charge is 0.463 e. The molecule has 230 valence electrons. The van der Waals surface area contributed by atoms with E-state index in [-0.39, 0.29) is 36.7 Å². The van der Waals surface area contributed by atoms with Crippen LogP contribution in [0.25, 0.3) is 20.7 Å². The number of imide groups is 2. The average molecular weight is 645 g/mol. The van der Waals surface area contributed by atoms with Crippen molar-refractivity contribution >= 4 is 62.5 Å². The molecule has 2 N–H and O–H groups in total. The Balaban J connectivity index is 1.25. The number of furan rings is 1. The number of aromatic nitrogens is 2. The molecule has 1 aromatic carbocycles. The third-order valence-corrected chi connectivity index (χ3v) is 12.0. The Hall–Kier alpha value is -4.06. The standard InChI is InChI=1S/C33H29ClN4O6S/c1-14-19-10-15(34)4-9-24(19)45-28(14)22-12-25(37(3)36-22)38-31(42)21-11-20-17(6-7-18-26(20)30(41)35-29(18)40)27(33(21,2)32(38)43)23-8-5-16(13-39)44-23/h4-6,8-10,12,18,20-21,26-27,39H,7,11,13H2,1-3H3,(H,35,40,41). The number of hydrogen-bond donors (Lipinski definition) is 2. The number of amides is 4. The molecule has 0 radical (unpaired) electrons. The highest BCUT2D eigenvalue weighted by molar-refractivity contribution is 7.22. The Kier molecular flexibility index (Phi) is 6.14. The SMILES string of the molecule is Cc1c(-c2cc(N3C(=O)C4CC5C(=CCC6C(=O)NC(=O)C65)C(c5ccc(CO)o5)C4(C)C3=O)n(C)n2)sc2ccc(Cl)cc12. The molecule has 10 nitrogen and oxygen atoms in total. The number of carbonyl (C=O) groups is 4. The molecular formula is C33H29ClN4O6S. The third-order valence-electron chi connectivity index (χ3n) is 10.5. The number of hydrogen-bond acceptors (Lipinski definition) is 8. The highest BCUT2D eigenvalue weighted by Gasteiger charge is 2.68. The van der Waals surface area contributed by atoms with Gasteiger partial charge in [-0.15, -0.1) is 11.3 Å². The number of carbonyl (C=O) groups excluding carboxylic acids is 4. The fraction of sp³-hybridized carbons (Fsp3) is 0.364. The van der Waals surface area contributed by atoms with Gasteiger partial charge >= 0.3 is 0 Å². The molecule has 4 amide bonds. The number of benzene rings is 1. The van der Waals surface area contributed by atoms with Crippen LogP contribution in [0.1, 0.15) is 42.8 Å². The summed E-state index contributed by atoms with van der Waals surface area (Å²) in [5, 5.41) is 18.6. The van der Waals surface area contributed by atoms with Crippen molar-refractivity contribution in [3.8, 4) is 10.6 Å². The predicted octanol–water partition coefficient (Wildman–Crippen LogP) is 4.87. The summed E-state index contributed by atoms with van der Waals surface area (Å²) < 4.78 is 8.66. The molecule has 45 heavy (non-hydrogen) atoms. The van der Waals surface area contributed by atoms with E-state index in [9.17, 15) is 24.3 Å². The van der Waals surface area contributed by atoms with Crippen LogP contribution in [0.4, 0.5) is 5.82 Å². The maximum Gasteiger partial charge on any atom is 0.242 e. The van der Waals surface area contributed by atoms with Gasteiger partial charge in [0.1, 0.15) is 29.6 Å². The number of halogens is 1. The molecule has 4 aromatic rings. The van der Waals surface area contributed by atoms with Crippen LogP contribution in [0.5, 0.6) is 0 Å². The van der Waals surface area contributed by atoms with Crippen molar-refractivity contribution in [2.24, 2.45) is 36.1 Å². The molecule has 1 saturated carbocycles. The van der Waals surface area contributed by atoms with E-state index in [2.05, 4.69) is 5.32 Å². The first kappa shape index (κ1) is 28.4. The van der Waals surface area contributed by atoms with Crippen LogP contribution in [0.3, 0.4) is 0 Å². The van der Waals surface area contributed by atoms with Gasteiger partial charge in [0, 0.05) is 22.8 Å². The molecule has 0 bridgehead atoms. The second-order valence-corrected chi connectivity index (χ2v) is 14.2. The van der Waals surface area contributed by atoms with Gasteiger partial charge in [-0.25, -0.2) is 4.90 Å². The molecule has 2 aliphatic carbocycles. The summed E-state index contributed by atoms with van der Waals surface area (Å²) in [6.45, 7) is 3.48. The monoisotopic (exact) mass is 644 g/mol. The number of aryl methyl sites for hydroxylation is 2. The van der Waals surface area contributed by atoms with Crippen LogP contribution in [0.2, 0.25) is 5.02 Å². The molecule has 6 atom stereocenters. The molecular weight excluding hydrogens is 616 g/mol. The Labute approximate surface area is 266 Å². The lowest BCUT2D eigenvalue weighted by Gasteiger charge is -2.48. The number of thiophene rings is 1. The second-order valence-electron chi connectivity index (χ2n) is 12.7. The zero-order valence-corrected chi connectivity index (χ0v) is 26.2. The molecule has 5 heterocycles. The Morgan fingerprint density at radius 2 is 1.93 bits per heavy atom. The fourth-order valence-electron chi connectivity index (χ4n) is 8.30. The first-order valence-corrected chi connectivity index (χ1v) is 16.1. The number of rotatable bonds is 4. The molecule has 2 saturated heterocycles. The quantitative estimate of drug-likeness (QED) is 0.239. The lowest BCUT2D eigenvalue weighted by atomic mass is 9.52. The smallest absolute Gasteiger partial charge is 0.242 e. The van der Waals surface area contributed by atoms with Gasteiger partial charge in [0.25, 0.3) is 0 Å². The minimum absolute atomic E-state index is 0.246. The van der Waals surface area contributed by atoms with Gasteiger partial charge < -0.3 is 9.52 Å². The number of anilines is 1. The first-order chi connectivity index (χ1) is 21.5. The minimum Gasteiger partial charge on any atom is -0.463 e. The zero-order chi connectivity index (χ0) is 31.5. The second kappa shape index (κ2) is 9.72. The molecule has 3 fully saturated rings. The number of aliphatic hydroxyl groups is 1. The molecule has 2 aliphatic heterocycles. The van der Waals surface area contributed by atoms with E-state index >= 15 is 0 Å². The third kappa shape index (κ3) is 3.80. The van der Waals surface area contributed by atoms with Crippen LogP contribution in [0.15, 0.2) is 52.5 Å². The maximum absolute atomic E-state index is 14.7. The van der Waals surface area contributed by atoms with Gasteiger partial charge in [0.15, 0.2) is 0 Å². The average Bonchev–Trinajstić information content (AvgIpc) is 3.80. The van der Waals surface area contributed by atoms with E-state index in [1.807, 2.05) is 31.2 Å². The molecule has 12 heteroatoms. The maximum atomic E-state index is 14.7. The summed E-state index contributed by atoms with van der Waals surface area (Å²) in [4.78, 5) is 57.0. The number of fused-ring (bicyclic) bond motifs is 5. The predicted molar refractivity (Wildman–Crippen MR) is 166 cm³/mol. The van der Waals surface area contributed by atoms with Crippen molar-refractivity contribution in [3.05, 3.63) is 70.2 Å². The number of nitrogens with zero attached hydrogens (tertiary/aromatic N) is 3. The van der Waals surface area contributed by atoms with E-state index in [0.717, 1.165) is 26.1 Å². The van der Waals surface area contributed by atoms with Crippen molar-refractivity contribution in [1.29, 1.82) is 0 Å². The van der Waals surface area contributed by atoms with Crippen molar-refractivity contribution in [2.75, 3.05) is 4.90 Å². The summed E-state index contributed by atoms with van der Waals surface area (Å²) in [7, 11) is 1.71. The van der Waals surface area contributed by atoms with Crippen molar-refractivity contribution in [1.82, 2.24) is 15.1 Å². The molecule has 0 spiro atoms. The van der Waals surface area contributed by atoms with Crippen molar-refractivity contribution in [3.63, 3.8) is 0 Å². The Morgan fingerprint density at radius 1 is 1.13 bits per heavy atom. The lowest BCUT2D eigenvalue weighted by molar-refractivity contribution is -0.131. The van der Waals surface area contributed by atoms with Crippen LogP contribution in [-0.2, 0) is 32.8 Å². The Morgan fingerprint density at radius 3 is 2.69 bits per heavy atom. The summed E-state index contributed by atoms with van der Waals surface area (Å²) in [6.07, 6.45) is 2.56. The highest BCUT2D eigenvalue weighted by atomic mass is 35.5.